The molecule has 0 saturated heterocycles. The van der Waals surface area contributed by atoms with Crippen LogP contribution in [0, 0.1) is 0 Å². The van der Waals surface area contributed by atoms with Gasteiger partial charge in [-0.3, -0.25) is 9.59 Å². The summed E-state index contributed by atoms with van der Waals surface area (Å²) in [4.78, 5) is 21.3. The number of hydrogen-bond donors (Lipinski definition) is 2. The van der Waals surface area contributed by atoms with Crippen molar-refractivity contribution in [2.24, 2.45) is 0 Å². The van der Waals surface area contributed by atoms with Crippen LogP contribution in [-0.4, -0.2) is 37.1 Å². The van der Waals surface area contributed by atoms with Crippen molar-refractivity contribution in [3.63, 3.8) is 0 Å². The van der Waals surface area contributed by atoms with Crippen LogP contribution in [-0.2, 0) is 14.3 Å². The van der Waals surface area contributed by atoms with Gasteiger partial charge < -0.3 is 15.4 Å². The fourth-order valence-corrected chi connectivity index (χ4v) is 3.26. The second-order valence-electron chi connectivity index (χ2n) is 6.45. The summed E-state index contributed by atoms with van der Waals surface area (Å²) in [5.74, 6) is 0.197. The minimum absolute atomic E-state index is 0.0795. The predicted octanol–water partition coefficient (Wildman–Crippen LogP) is 4.59. The molecule has 2 fully saturated rings. The van der Waals surface area contributed by atoms with Gasteiger partial charge in [0, 0.05) is 33.0 Å². The molecule has 2 amide bonds. The second kappa shape index (κ2) is 18.7. The number of rotatable bonds is 3. The number of methoxy groups -OCH3 is 1. The maximum atomic E-state index is 10.7. The smallest absolute Gasteiger partial charge is 0.217 e. The Balaban J connectivity index is 0. The Morgan fingerprint density at radius 2 is 1.08 bits per heavy atom. The molecule has 0 bridgehead atoms. The van der Waals surface area contributed by atoms with Gasteiger partial charge in [0.05, 0.1) is 6.10 Å². The molecule has 0 aromatic carbocycles. The Labute approximate surface area is 162 Å². The van der Waals surface area contributed by atoms with E-state index in [9.17, 15) is 9.59 Å². The SMILES string of the molecule is CC.CC.CC(=O)NC1CCCCC1.COC1CCC(NC(C)=O)CC1. The molecular weight excluding hydrogens is 328 g/mol. The van der Waals surface area contributed by atoms with Gasteiger partial charge in [0.2, 0.25) is 11.8 Å². The number of nitrogens with one attached hydrogen (secondary N) is 2. The number of carbonyl (C=O) groups is 2. The zero-order chi connectivity index (χ0) is 20.4. The minimum Gasteiger partial charge on any atom is -0.381 e. The average Bonchev–Trinajstić information content (AvgIpc) is 2.66. The highest BCUT2D eigenvalue weighted by Gasteiger charge is 2.20. The molecule has 0 atom stereocenters. The molecule has 0 aromatic rings. The standard InChI is InChI=1S/C9H17NO2.C8H15NO.2C2H6/c1-7(11)10-8-3-5-9(12-2)6-4-8;1-7(10)9-8-5-3-2-4-6-8;2*1-2/h8-9H,3-6H2,1-2H3,(H,10,11);8H,2-6H2,1H3,(H,9,10);2*1-2H3. The van der Waals surface area contributed by atoms with Crippen LogP contribution in [0.4, 0.5) is 0 Å². The summed E-state index contributed by atoms with van der Waals surface area (Å²) in [7, 11) is 1.75. The average molecular weight is 373 g/mol. The van der Waals surface area contributed by atoms with Gasteiger partial charge in [-0.05, 0) is 38.5 Å². The summed E-state index contributed by atoms with van der Waals surface area (Å²) >= 11 is 0. The van der Waals surface area contributed by atoms with Crippen molar-refractivity contribution in [2.75, 3.05) is 7.11 Å². The van der Waals surface area contributed by atoms with E-state index in [1.54, 1.807) is 21.0 Å². The third-order valence-corrected chi connectivity index (χ3v) is 4.43. The van der Waals surface area contributed by atoms with E-state index >= 15 is 0 Å². The third-order valence-electron chi connectivity index (χ3n) is 4.43. The lowest BCUT2D eigenvalue weighted by Gasteiger charge is -2.27. The van der Waals surface area contributed by atoms with Crippen LogP contribution in [0.15, 0.2) is 0 Å². The molecule has 0 aromatic heterocycles. The van der Waals surface area contributed by atoms with Crippen molar-refractivity contribution in [1.29, 1.82) is 0 Å². The molecular formula is C21H44N2O3. The fraction of sp³-hybridized carbons (Fsp3) is 0.905. The highest BCUT2D eigenvalue weighted by atomic mass is 16.5. The Hall–Kier alpha value is -1.10. The summed E-state index contributed by atoms with van der Waals surface area (Å²) in [5.41, 5.74) is 0. The summed E-state index contributed by atoms with van der Waals surface area (Å²) in [6.45, 7) is 11.2. The number of carbonyl (C=O) groups excluding carboxylic acids is 2. The van der Waals surface area contributed by atoms with Crippen LogP contribution in [0.1, 0.15) is 99.3 Å². The van der Waals surface area contributed by atoms with Gasteiger partial charge in [-0.2, -0.15) is 0 Å². The fourth-order valence-electron chi connectivity index (χ4n) is 3.26. The quantitative estimate of drug-likeness (QED) is 0.761. The molecule has 156 valence electrons. The largest absolute Gasteiger partial charge is 0.381 e. The molecule has 0 radical (unpaired) electrons. The van der Waals surface area contributed by atoms with Crippen molar-refractivity contribution in [1.82, 2.24) is 10.6 Å². The Morgan fingerprint density at radius 3 is 1.42 bits per heavy atom. The molecule has 0 unspecified atom stereocenters. The van der Waals surface area contributed by atoms with Gasteiger partial charge in [-0.15, -0.1) is 0 Å². The van der Waals surface area contributed by atoms with Gasteiger partial charge >= 0.3 is 0 Å². The van der Waals surface area contributed by atoms with Crippen LogP contribution in [0.2, 0.25) is 0 Å². The van der Waals surface area contributed by atoms with Crippen molar-refractivity contribution < 1.29 is 14.3 Å². The van der Waals surface area contributed by atoms with Crippen molar-refractivity contribution in [2.45, 2.75) is 118 Å². The van der Waals surface area contributed by atoms with Crippen LogP contribution in [0.5, 0.6) is 0 Å². The van der Waals surface area contributed by atoms with E-state index in [0.29, 0.717) is 18.2 Å². The second-order valence-corrected chi connectivity index (χ2v) is 6.45. The van der Waals surface area contributed by atoms with E-state index in [1.807, 2.05) is 27.7 Å². The predicted molar refractivity (Wildman–Crippen MR) is 110 cm³/mol. The van der Waals surface area contributed by atoms with Gasteiger partial charge in [0.1, 0.15) is 0 Å². The molecule has 0 heterocycles. The maximum absolute atomic E-state index is 10.7. The lowest BCUT2D eigenvalue weighted by atomic mass is 9.93. The van der Waals surface area contributed by atoms with Crippen molar-refractivity contribution in [3.8, 4) is 0 Å². The van der Waals surface area contributed by atoms with Crippen LogP contribution >= 0.6 is 0 Å². The van der Waals surface area contributed by atoms with Crippen LogP contribution in [0.25, 0.3) is 0 Å². The van der Waals surface area contributed by atoms with Gasteiger partial charge in [-0.25, -0.2) is 0 Å². The van der Waals surface area contributed by atoms with Gasteiger partial charge in [-0.1, -0.05) is 47.0 Å². The highest BCUT2D eigenvalue weighted by Crippen LogP contribution is 2.20. The summed E-state index contributed by atoms with van der Waals surface area (Å²) in [6.07, 6.45) is 10.9. The lowest BCUT2D eigenvalue weighted by Crippen LogP contribution is -2.37. The Morgan fingerprint density at radius 1 is 0.692 bits per heavy atom. The number of ether oxygens (including phenoxy) is 1. The molecule has 5 heteroatoms. The zero-order valence-electron chi connectivity index (χ0n) is 18.3. The van der Waals surface area contributed by atoms with E-state index < -0.39 is 0 Å². The molecule has 2 aliphatic rings. The molecule has 26 heavy (non-hydrogen) atoms. The number of amides is 2. The van der Waals surface area contributed by atoms with Crippen LogP contribution in [0.3, 0.4) is 0 Å². The monoisotopic (exact) mass is 372 g/mol. The normalized spacial score (nSPS) is 22.1. The minimum atomic E-state index is 0.0795. The first kappa shape index (κ1) is 27.1. The zero-order valence-corrected chi connectivity index (χ0v) is 18.3. The van der Waals surface area contributed by atoms with E-state index in [2.05, 4.69) is 10.6 Å². The molecule has 5 nitrogen and oxygen atoms in total. The topological polar surface area (TPSA) is 67.4 Å². The number of hydrogen-bond acceptors (Lipinski definition) is 3. The maximum Gasteiger partial charge on any atom is 0.217 e. The first-order valence-corrected chi connectivity index (χ1v) is 10.6. The van der Waals surface area contributed by atoms with Crippen molar-refractivity contribution in [3.05, 3.63) is 0 Å². The van der Waals surface area contributed by atoms with E-state index in [1.165, 1.54) is 32.1 Å². The molecule has 0 aliphatic heterocycles. The molecule has 2 rings (SSSR count). The molecule has 2 aliphatic carbocycles. The Bertz CT molecular complexity index is 334. The molecule has 2 saturated carbocycles. The molecule has 0 spiro atoms. The summed E-state index contributed by atoms with van der Waals surface area (Å²) < 4.78 is 5.23. The first-order chi connectivity index (χ1) is 12.5. The lowest BCUT2D eigenvalue weighted by molar-refractivity contribution is -0.120. The van der Waals surface area contributed by atoms with Gasteiger partial charge in [0.15, 0.2) is 0 Å². The third kappa shape index (κ3) is 15.2. The van der Waals surface area contributed by atoms with E-state index in [4.69, 9.17) is 4.74 Å². The first-order valence-electron chi connectivity index (χ1n) is 10.6. The van der Waals surface area contributed by atoms with E-state index in [-0.39, 0.29) is 11.8 Å². The summed E-state index contributed by atoms with van der Waals surface area (Å²) in [5, 5.41) is 5.87. The summed E-state index contributed by atoms with van der Waals surface area (Å²) in [6, 6.07) is 0.861. The van der Waals surface area contributed by atoms with Gasteiger partial charge in [0.25, 0.3) is 0 Å². The van der Waals surface area contributed by atoms with Crippen LogP contribution < -0.4 is 10.6 Å². The Kier molecular flexibility index (Phi) is 19.5. The van der Waals surface area contributed by atoms with E-state index in [0.717, 1.165) is 25.7 Å². The highest BCUT2D eigenvalue weighted by molar-refractivity contribution is 5.73. The van der Waals surface area contributed by atoms with Crippen molar-refractivity contribution >= 4 is 11.8 Å². The molecule has 2 N–H and O–H groups in total.